The first-order chi connectivity index (χ1) is 19.5. The van der Waals surface area contributed by atoms with Gasteiger partial charge in [-0.1, -0.05) is 42.5 Å². The molecule has 2 heterocycles. The number of carboxylic acids is 2. The number of para-hydroxylation sites is 1. The molecule has 1 aliphatic heterocycles. The van der Waals surface area contributed by atoms with Gasteiger partial charge in [0, 0.05) is 0 Å². The molecule has 0 spiro atoms. The van der Waals surface area contributed by atoms with E-state index in [0.29, 0.717) is 18.5 Å². The number of benzene rings is 2. The van der Waals surface area contributed by atoms with Gasteiger partial charge < -0.3 is 10.2 Å². The average molecular weight is 579 g/mol. The Morgan fingerprint density at radius 1 is 0.902 bits per heavy atom. The molecule has 0 unspecified atom stereocenters. The second-order valence-corrected chi connectivity index (χ2v) is 9.93. The maximum atomic E-state index is 12.8. The monoisotopic (exact) mass is 578 g/mol. The number of hydrazone groups is 1. The molecule has 1 amide bonds. The molecule has 1 aliphatic rings. The van der Waals surface area contributed by atoms with Crippen molar-refractivity contribution >= 4 is 45.4 Å². The van der Waals surface area contributed by atoms with Gasteiger partial charge in [-0.15, -0.1) is 0 Å². The van der Waals surface area contributed by atoms with E-state index >= 15 is 0 Å². The second kappa shape index (κ2) is 11.8. The Balaban J connectivity index is 1.44. The van der Waals surface area contributed by atoms with Gasteiger partial charge in [0.05, 0.1) is 27.4 Å². The number of hydrogen-bond acceptors (Lipinski definition) is 7. The van der Waals surface area contributed by atoms with Gasteiger partial charge in [0.2, 0.25) is 0 Å². The molecule has 0 aliphatic carbocycles. The molecule has 41 heavy (non-hydrogen) atoms. The highest BCUT2D eigenvalue weighted by molar-refractivity contribution is 7.85. The minimum Gasteiger partial charge on any atom is -0.477 e. The normalized spacial score (nSPS) is 14.9. The molecular formula is C27H22N4O9S. The van der Waals surface area contributed by atoms with Crippen molar-refractivity contribution in [3.05, 3.63) is 106 Å². The quantitative estimate of drug-likeness (QED) is 0.159. The molecule has 13 nitrogen and oxygen atoms in total. The van der Waals surface area contributed by atoms with Crippen molar-refractivity contribution in [1.29, 1.82) is 0 Å². The van der Waals surface area contributed by atoms with Gasteiger partial charge in [0.15, 0.2) is 11.4 Å². The predicted octanol–water partition coefficient (Wildman–Crippen LogP) is 2.87. The predicted molar refractivity (Wildman–Crippen MR) is 148 cm³/mol. The number of aliphatic carboxylic acids is 1. The molecule has 2 aromatic carbocycles. The number of carboxylic acid groups (broad SMARTS) is 2. The molecule has 0 atom stereocenters. The molecule has 0 radical (unpaired) electrons. The zero-order chi connectivity index (χ0) is 29.7. The van der Waals surface area contributed by atoms with Crippen LogP contribution in [-0.2, 0) is 19.7 Å². The highest BCUT2D eigenvalue weighted by Gasteiger charge is 2.34. The number of nitrogens with zero attached hydrogens (tertiary/aromatic N) is 3. The lowest BCUT2D eigenvalue weighted by molar-refractivity contribution is -0.129. The summed E-state index contributed by atoms with van der Waals surface area (Å²) in [5.74, 6) is -3.49. The van der Waals surface area contributed by atoms with Crippen LogP contribution in [0.2, 0.25) is 0 Å². The van der Waals surface area contributed by atoms with Crippen molar-refractivity contribution in [1.82, 2.24) is 9.78 Å². The highest BCUT2D eigenvalue weighted by Crippen LogP contribution is 2.25. The fraction of sp³-hybridized carbons (Fsp3) is 0.0741. The summed E-state index contributed by atoms with van der Waals surface area (Å²) in [6.45, 7) is 0. The Morgan fingerprint density at radius 2 is 1.56 bits per heavy atom. The SMILES string of the molecule is O=C(O)C1=NN(c2ccc(S(=O)(=O)O)cc2)C(=O)/C1=C\C=C\CC/C=C/c1c(C(=O)O)[nH]n(-c2ccccc2)c1=O. The van der Waals surface area contributed by atoms with Crippen LogP contribution in [-0.4, -0.2) is 56.5 Å². The number of anilines is 1. The van der Waals surface area contributed by atoms with Crippen molar-refractivity contribution in [2.24, 2.45) is 5.10 Å². The summed E-state index contributed by atoms with van der Waals surface area (Å²) in [5.41, 5.74) is -0.943. The maximum Gasteiger partial charge on any atom is 0.357 e. The van der Waals surface area contributed by atoms with E-state index in [-0.39, 0.29) is 22.5 Å². The fourth-order valence-corrected chi connectivity index (χ4v) is 4.32. The number of hydrogen-bond donors (Lipinski definition) is 4. The maximum absolute atomic E-state index is 12.8. The number of nitrogens with one attached hydrogen (secondary N) is 1. The molecule has 0 fully saturated rings. The van der Waals surface area contributed by atoms with Crippen LogP contribution < -0.4 is 10.6 Å². The van der Waals surface area contributed by atoms with E-state index in [1.807, 2.05) is 0 Å². The molecule has 0 saturated carbocycles. The lowest BCUT2D eigenvalue weighted by atomic mass is 10.1. The summed E-state index contributed by atoms with van der Waals surface area (Å²) in [4.78, 5) is 48.5. The summed E-state index contributed by atoms with van der Waals surface area (Å²) in [6.07, 6.45) is 8.22. The fourth-order valence-electron chi connectivity index (χ4n) is 3.84. The average Bonchev–Trinajstić information content (AvgIpc) is 3.45. The number of aromatic carboxylic acids is 1. The minimum atomic E-state index is -4.45. The number of amides is 1. The Labute approximate surface area is 232 Å². The minimum absolute atomic E-state index is 0.0176. The molecule has 210 valence electrons. The van der Waals surface area contributed by atoms with Gasteiger partial charge in [-0.3, -0.25) is 19.2 Å². The summed E-state index contributed by atoms with van der Waals surface area (Å²) in [5, 5.41) is 26.2. The molecule has 4 rings (SSSR count). The van der Waals surface area contributed by atoms with E-state index in [1.54, 1.807) is 42.5 Å². The Morgan fingerprint density at radius 3 is 2.17 bits per heavy atom. The number of aromatic amines is 1. The first-order valence-corrected chi connectivity index (χ1v) is 13.3. The van der Waals surface area contributed by atoms with Gasteiger partial charge in [-0.05, 0) is 55.3 Å². The van der Waals surface area contributed by atoms with E-state index < -0.39 is 44.1 Å². The molecule has 1 aromatic heterocycles. The zero-order valence-electron chi connectivity index (χ0n) is 21.0. The van der Waals surface area contributed by atoms with E-state index in [9.17, 15) is 37.8 Å². The van der Waals surface area contributed by atoms with Gasteiger partial charge in [0.25, 0.3) is 21.6 Å². The van der Waals surface area contributed by atoms with Crippen LogP contribution in [0.5, 0.6) is 0 Å². The van der Waals surface area contributed by atoms with Crippen LogP contribution >= 0.6 is 0 Å². The molecule has 3 aromatic rings. The van der Waals surface area contributed by atoms with Crippen LogP contribution in [0.4, 0.5) is 5.69 Å². The van der Waals surface area contributed by atoms with Crippen molar-refractivity contribution in [2.45, 2.75) is 17.7 Å². The molecule has 4 N–H and O–H groups in total. The van der Waals surface area contributed by atoms with Crippen LogP contribution in [0.15, 0.2) is 99.3 Å². The number of rotatable bonds is 10. The van der Waals surface area contributed by atoms with Crippen LogP contribution in [0, 0.1) is 0 Å². The lowest BCUT2D eigenvalue weighted by Crippen LogP contribution is -2.22. The van der Waals surface area contributed by atoms with Crippen LogP contribution in [0.25, 0.3) is 11.8 Å². The summed E-state index contributed by atoms with van der Waals surface area (Å²) < 4.78 is 32.7. The standard InChI is InChI=1S/C27H22N4O9S/c32-24-20(22(26(34)35)28-30(24)17-9-5-4-6-10-17)11-7-2-1-3-8-12-21-23(27(36)37)29-31(25(21)33)18-13-15-19(16-14-18)41(38,39)40/h3-16,28H,1-2H2,(H,34,35)(H,36,37)(H,38,39,40)/b8-3+,11-7+,21-12-. The lowest BCUT2D eigenvalue weighted by Gasteiger charge is -2.11. The number of H-pyrrole nitrogens is 1. The third kappa shape index (κ3) is 6.29. The Hall–Kier alpha value is -5.34. The highest BCUT2D eigenvalue weighted by atomic mass is 32.2. The van der Waals surface area contributed by atoms with Crippen molar-refractivity contribution in [3.8, 4) is 5.69 Å². The van der Waals surface area contributed by atoms with Crippen LogP contribution in [0.1, 0.15) is 28.9 Å². The topological polar surface area (TPSA) is 199 Å². The van der Waals surface area contributed by atoms with Crippen molar-refractivity contribution < 1.29 is 37.6 Å². The molecule has 14 heteroatoms. The van der Waals surface area contributed by atoms with E-state index in [4.69, 9.17) is 4.55 Å². The first-order valence-electron chi connectivity index (χ1n) is 11.9. The number of carbonyl (C=O) groups is 3. The van der Waals surface area contributed by atoms with Gasteiger partial charge in [0.1, 0.15) is 0 Å². The largest absolute Gasteiger partial charge is 0.477 e. The zero-order valence-corrected chi connectivity index (χ0v) is 21.9. The smallest absolute Gasteiger partial charge is 0.357 e. The third-order valence-corrected chi connectivity index (χ3v) is 6.67. The number of aromatic nitrogens is 2. The Kier molecular flexibility index (Phi) is 8.26. The van der Waals surface area contributed by atoms with E-state index in [2.05, 4.69) is 10.2 Å². The molecular weight excluding hydrogens is 556 g/mol. The summed E-state index contributed by atoms with van der Waals surface area (Å²) in [7, 11) is -4.45. The van der Waals surface area contributed by atoms with Gasteiger partial charge in [-0.25, -0.2) is 14.3 Å². The Bertz CT molecular complexity index is 1800. The molecule has 0 bridgehead atoms. The number of carbonyl (C=O) groups excluding carboxylic acids is 1. The third-order valence-electron chi connectivity index (χ3n) is 5.80. The summed E-state index contributed by atoms with van der Waals surface area (Å²) >= 11 is 0. The van der Waals surface area contributed by atoms with Crippen LogP contribution in [0.3, 0.4) is 0 Å². The number of allylic oxidation sites excluding steroid dienone is 4. The molecule has 0 saturated heterocycles. The van der Waals surface area contributed by atoms with Crippen molar-refractivity contribution in [3.63, 3.8) is 0 Å². The van der Waals surface area contributed by atoms with Gasteiger partial charge in [-0.2, -0.15) is 18.5 Å². The van der Waals surface area contributed by atoms with E-state index in [0.717, 1.165) is 21.8 Å². The second-order valence-electron chi connectivity index (χ2n) is 8.51. The van der Waals surface area contributed by atoms with E-state index in [1.165, 1.54) is 30.4 Å². The van der Waals surface area contributed by atoms with Gasteiger partial charge >= 0.3 is 11.9 Å². The summed E-state index contributed by atoms with van der Waals surface area (Å²) in [6, 6.07) is 13.0. The number of unbranched alkanes of at least 4 members (excludes halogenated alkanes) is 1. The van der Waals surface area contributed by atoms with Crippen molar-refractivity contribution in [2.75, 3.05) is 5.01 Å². The first kappa shape index (κ1) is 28.7.